The van der Waals surface area contributed by atoms with Gasteiger partial charge in [-0.05, 0) is 56.8 Å². The van der Waals surface area contributed by atoms with Gasteiger partial charge in [0.05, 0.1) is 7.11 Å². The molecule has 26 heavy (non-hydrogen) atoms. The van der Waals surface area contributed by atoms with E-state index in [4.69, 9.17) is 4.74 Å². The van der Waals surface area contributed by atoms with E-state index in [0.29, 0.717) is 31.1 Å². The van der Waals surface area contributed by atoms with Crippen molar-refractivity contribution >= 4 is 21.6 Å². The lowest BCUT2D eigenvalue weighted by Gasteiger charge is -2.18. The van der Waals surface area contributed by atoms with Gasteiger partial charge in [-0.3, -0.25) is 4.79 Å². The van der Waals surface area contributed by atoms with Gasteiger partial charge in [0.1, 0.15) is 10.6 Å². The Morgan fingerprint density at radius 3 is 2.77 bits per heavy atom. The molecule has 1 amide bonds. The zero-order valence-corrected chi connectivity index (χ0v) is 16.0. The minimum Gasteiger partial charge on any atom is -0.495 e. The highest BCUT2D eigenvalue weighted by molar-refractivity contribution is 7.89. The summed E-state index contributed by atoms with van der Waals surface area (Å²) in [5.74, 6) is 0.757. The quantitative estimate of drug-likeness (QED) is 0.752. The summed E-state index contributed by atoms with van der Waals surface area (Å²) in [6, 6.07) is 4.72. The van der Waals surface area contributed by atoms with Gasteiger partial charge < -0.3 is 15.4 Å². The summed E-state index contributed by atoms with van der Waals surface area (Å²) in [6.45, 7) is 3.08. The van der Waals surface area contributed by atoms with Gasteiger partial charge in [-0.2, -0.15) is 4.31 Å². The Hall–Kier alpha value is -1.64. The van der Waals surface area contributed by atoms with Crippen molar-refractivity contribution in [1.29, 1.82) is 0 Å². The number of hydrogen-bond acceptors (Lipinski definition) is 5. The van der Waals surface area contributed by atoms with Crippen LogP contribution in [-0.4, -0.2) is 51.9 Å². The van der Waals surface area contributed by atoms with Crippen molar-refractivity contribution in [2.24, 2.45) is 5.92 Å². The van der Waals surface area contributed by atoms with Crippen LogP contribution in [0, 0.1) is 5.92 Å². The number of benzene rings is 1. The van der Waals surface area contributed by atoms with Crippen LogP contribution in [0.4, 0.5) is 5.69 Å². The molecule has 144 valence electrons. The SMILES string of the molecule is COc1cc(NC(=O)CCC2CCNC2)ccc1S(=O)(=O)N1CCCC1. The number of nitrogens with zero attached hydrogens (tertiary/aromatic N) is 1. The van der Waals surface area contributed by atoms with Gasteiger partial charge in [0.2, 0.25) is 15.9 Å². The lowest BCUT2D eigenvalue weighted by Crippen LogP contribution is -2.28. The molecule has 0 bridgehead atoms. The summed E-state index contributed by atoms with van der Waals surface area (Å²) in [4.78, 5) is 12.3. The molecule has 1 aromatic rings. The Kier molecular flexibility index (Phi) is 6.16. The normalized spacial score (nSPS) is 21.0. The van der Waals surface area contributed by atoms with Crippen molar-refractivity contribution < 1.29 is 17.9 Å². The van der Waals surface area contributed by atoms with Crippen LogP contribution in [0.15, 0.2) is 23.1 Å². The van der Waals surface area contributed by atoms with Gasteiger partial charge in [-0.25, -0.2) is 8.42 Å². The molecule has 1 atom stereocenters. The molecular weight excluding hydrogens is 354 g/mol. The molecule has 2 saturated heterocycles. The summed E-state index contributed by atoms with van der Waals surface area (Å²) in [5.41, 5.74) is 0.553. The number of carbonyl (C=O) groups is 1. The number of anilines is 1. The molecule has 0 saturated carbocycles. The van der Waals surface area contributed by atoms with Gasteiger partial charge in [-0.15, -0.1) is 0 Å². The first kappa shape index (κ1) is 19.1. The fourth-order valence-corrected chi connectivity index (χ4v) is 5.20. The fourth-order valence-electron chi connectivity index (χ4n) is 3.55. The lowest BCUT2D eigenvalue weighted by atomic mass is 10.0. The first-order chi connectivity index (χ1) is 12.5. The highest BCUT2D eigenvalue weighted by Crippen LogP contribution is 2.31. The summed E-state index contributed by atoms with van der Waals surface area (Å²) in [6.07, 6.45) is 4.20. The highest BCUT2D eigenvalue weighted by Gasteiger charge is 2.30. The van der Waals surface area contributed by atoms with E-state index in [9.17, 15) is 13.2 Å². The van der Waals surface area contributed by atoms with Crippen LogP contribution in [0.3, 0.4) is 0 Å². The van der Waals surface area contributed by atoms with Crippen LogP contribution in [0.25, 0.3) is 0 Å². The summed E-state index contributed by atoms with van der Waals surface area (Å²) >= 11 is 0. The van der Waals surface area contributed by atoms with Gasteiger partial charge in [0, 0.05) is 31.3 Å². The van der Waals surface area contributed by atoms with Crippen molar-refractivity contribution in [2.75, 3.05) is 38.6 Å². The first-order valence-corrected chi connectivity index (χ1v) is 10.6. The molecule has 0 radical (unpaired) electrons. The summed E-state index contributed by atoms with van der Waals surface area (Å²) < 4.78 is 32.3. The maximum atomic E-state index is 12.7. The summed E-state index contributed by atoms with van der Waals surface area (Å²) in [5, 5.41) is 6.14. The average molecular weight is 381 g/mol. The van der Waals surface area contributed by atoms with Crippen LogP contribution < -0.4 is 15.4 Å². The Morgan fingerprint density at radius 1 is 1.35 bits per heavy atom. The van der Waals surface area contributed by atoms with E-state index in [1.807, 2.05) is 0 Å². The molecule has 0 aliphatic carbocycles. The van der Waals surface area contributed by atoms with E-state index < -0.39 is 10.0 Å². The number of sulfonamides is 1. The number of hydrogen-bond donors (Lipinski definition) is 2. The maximum Gasteiger partial charge on any atom is 0.246 e. The molecule has 2 aliphatic heterocycles. The number of amides is 1. The maximum absolute atomic E-state index is 12.7. The van der Waals surface area contributed by atoms with Crippen LogP contribution in [-0.2, 0) is 14.8 Å². The van der Waals surface area contributed by atoms with Gasteiger partial charge in [0.15, 0.2) is 0 Å². The minimum absolute atomic E-state index is 0.0610. The van der Waals surface area contributed by atoms with E-state index in [1.54, 1.807) is 12.1 Å². The average Bonchev–Trinajstić information content (AvgIpc) is 3.33. The van der Waals surface area contributed by atoms with E-state index in [2.05, 4.69) is 10.6 Å². The first-order valence-electron chi connectivity index (χ1n) is 9.19. The lowest BCUT2D eigenvalue weighted by molar-refractivity contribution is -0.116. The Morgan fingerprint density at radius 2 is 2.12 bits per heavy atom. The number of ether oxygens (including phenoxy) is 1. The molecule has 7 nitrogen and oxygen atoms in total. The second-order valence-corrected chi connectivity index (χ2v) is 8.83. The number of nitrogens with one attached hydrogen (secondary N) is 2. The Bertz CT molecular complexity index is 739. The zero-order valence-electron chi connectivity index (χ0n) is 15.2. The predicted octanol–water partition coefficient (Wildman–Crippen LogP) is 1.81. The second-order valence-electron chi connectivity index (χ2n) is 6.92. The molecule has 2 aliphatic rings. The molecule has 2 heterocycles. The van der Waals surface area contributed by atoms with Crippen LogP contribution in [0.5, 0.6) is 5.75 Å². The molecule has 8 heteroatoms. The molecular formula is C18H27N3O4S. The molecule has 1 unspecified atom stereocenters. The third kappa shape index (κ3) is 4.36. The Labute approximate surface area is 155 Å². The molecule has 2 N–H and O–H groups in total. The van der Waals surface area contributed by atoms with Crippen molar-refractivity contribution in [3.8, 4) is 5.75 Å². The van der Waals surface area contributed by atoms with E-state index in [1.165, 1.54) is 17.5 Å². The van der Waals surface area contributed by atoms with Gasteiger partial charge in [-0.1, -0.05) is 0 Å². The highest BCUT2D eigenvalue weighted by atomic mass is 32.2. The van der Waals surface area contributed by atoms with Gasteiger partial charge in [0.25, 0.3) is 0 Å². The Balaban J connectivity index is 1.67. The van der Waals surface area contributed by atoms with Crippen LogP contribution in [0.1, 0.15) is 32.1 Å². The number of rotatable bonds is 7. The van der Waals surface area contributed by atoms with Crippen molar-refractivity contribution in [1.82, 2.24) is 9.62 Å². The predicted molar refractivity (Wildman–Crippen MR) is 99.8 cm³/mol. The van der Waals surface area contributed by atoms with Crippen molar-refractivity contribution in [3.63, 3.8) is 0 Å². The minimum atomic E-state index is -3.56. The third-order valence-corrected chi connectivity index (χ3v) is 7.01. The molecule has 2 fully saturated rings. The third-order valence-electron chi connectivity index (χ3n) is 5.07. The van der Waals surface area contributed by atoms with Crippen molar-refractivity contribution in [2.45, 2.75) is 37.0 Å². The topological polar surface area (TPSA) is 87.7 Å². The number of methoxy groups -OCH3 is 1. The fraction of sp³-hybridized carbons (Fsp3) is 0.611. The second kappa shape index (κ2) is 8.37. The van der Waals surface area contributed by atoms with E-state index >= 15 is 0 Å². The monoisotopic (exact) mass is 381 g/mol. The van der Waals surface area contributed by atoms with Crippen LogP contribution >= 0.6 is 0 Å². The molecule has 3 rings (SSSR count). The largest absolute Gasteiger partial charge is 0.495 e. The number of carbonyl (C=O) groups excluding carboxylic acids is 1. The van der Waals surface area contributed by atoms with Crippen LogP contribution in [0.2, 0.25) is 0 Å². The van der Waals surface area contributed by atoms with E-state index in [0.717, 1.165) is 38.8 Å². The van der Waals surface area contributed by atoms with Gasteiger partial charge >= 0.3 is 0 Å². The zero-order chi connectivity index (χ0) is 18.6. The smallest absolute Gasteiger partial charge is 0.246 e. The summed E-state index contributed by atoms with van der Waals surface area (Å²) in [7, 11) is -2.12. The van der Waals surface area contributed by atoms with E-state index in [-0.39, 0.29) is 16.6 Å². The molecule has 1 aromatic carbocycles. The molecule has 0 spiro atoms. The van der Waals surface area contributed by atoms with Crippen molar-refractivity contribution in [3.05, 3.63) is 18.2 Å². The standard InChI is InChI=1S/C18H27N3O4S/c1-25-16-12-15(20-18(22)7-4-14-8-9-19-13-14)5-6-17(16)26(23,24)21-10-2-3-11-21/h5-6,12,14,19H,2-4,7-11,13H2,1H3,(H,20,22). The molecule has 0 aromatic heterocycles.